The first-order chi connectivity index (χ1) is 9.09. The van der Waals surface area contributed by atoms with E-state index in [-0.39, 0.29) is 17.4 Å². The molecule has 3 atom stereocenters. The minimum absolute atomic E-state index is 0.0831. The van der Waals surface area contributed by atoms with Gasteiger partial charge >= 0.3 is 0 Å². The van der Waals surface area contributed by atoms with Gasteiger partial charge in [-0.15, -0.1) is 11.3 Å². The topological polar surface area (TPSA) is 38.3 Å². The van der Waals surface area contributed by atoms with Crippen molar-refractivity contribution in [2.75, 3.05) is 6.61 Å². The summed E-state index contributed by atoms with van der Waals surface area (Å²) in [7, 11) is 0. The molecule has 4 heteroatoms. The highest BCUT2D eigenvalue weighted by Gasteiger charge is 2.59. The summed E-state index contributed by atoms with van der Waals surface area (Å²) >= 11 is 1.72. The summed E-state index contributed by atoms with van der Waals surface area (Å²) in [5, 5.41) is 5.28. The van der Waals surface area contributed by atoms with Gasteiger partial charge in [0.2, 0.25) is 5.91 Å². The maximum absolute atomic E-state index is 12.1. The molecule has 0 aromatic carbocycles. The molecule has 1 amide bonds. The molecule has 104 valence electrons. The van der Waals surface area contributed by atoms with Gasteiger partial charge in [0, 0.05) is 35.3 Å². The molecule has 0 unspecified atom stereocenters. The summed E-state index contributed by atoms with van der Waals surface area (Å²) < 4.78 is 5.75. The van der Waals surface area contributed by atoms with Crippen molar-refractivity contribution in [2.24, 2.45) is 11.3 Å². The number of carbonyl (C=O) groups is 1. The zero-order valence-corrected chi connectivity index (χ0v) is 12.3. The molecule has 1 aromatic rings. The third-order valence-electron chi connectivity index (χ3n) is 4.60. The molecule has 1 saturated carbocycles. The van der Waals surface area contributed by atoms with E-state index in [4.69, 9.17) is 4.74 Å². The number of carbonyl (C=O) groups excluding carboxylic acids is 1. The Bertz CT molecular complexity index is 455. The van der Waals surface area contributed by atoms with E-state index in [1.165, 1.54) is 4.88 Å². The summed E-state index contributed by atoms with van der Waals surface area (Å²) in [6, 6.07) is 4.41. The monoisotopic (exact) mass is 279 g/mol. The van der Waals surface area contributed by atoms with Gasteiger partial charge in [-0.1, -0.05) is 19.9 Å². The highest BCUT2D eigenvalue weighted by molar-refractivity contribution is 7.09. The third-order valence-corrected chi connectivity index (χ3v) is 5.53. The number of hydrogen-bond acceptors (Lipinski definition) is 3. The molecular weight excluding hydrogens is 258 g/mol. The molecular formula is C15H21NO2S. The Balaban J connectivity index is 1.52. The van der Waals surface area contributed by atoms with Gasteiger partial charge in [-0.25, -0.2) is 0 Å². The molecule has 0 bridgehead atoms. The van der Waals surface area contributed by atoms with Gasteiger partial charge < -0.3 is 10.1 Å². The number of aryl methyl sites for hydroxylation is 1. The van der Waals surface area contributed by atoms with Crippen LogP contribution in [0, 0.1) is 11.3 Å². The average Bonchev–Trinajstić information content (AvgIpc) is 3.03. The molecule has 0 radical (unpaired) electrons. The molecule has 2 fully saturated rings. The minimum atomic E-state index is 0.0831. The van der Waals surface area contributed by atoms with Crippen molar-refractivity contribution in [3.05, 3.63) is 22.4 Å². The second kappa shape index (κ2) is 4.91. The normalized spacial score (nSPS) is 31.6. The predicted octanol–water partition coefficient (Wildman–Crippen LogP) is 2.61. The van der Waals surface area contributed by atoms with Crippen LogP contribution in [0.4, 0.5) is 0 Å². The van der Waals surface area contributed by atoms with E-state index in [2.05, 4.69) is 30.6 Å². The lowest BCUT2D eigenvalue weighted by atomic mass is 9.57. The summed E-state index contributed by atoms with van der Waals surface area (Å²) in [5.41, 5.74) is 0.0831. The smallest absolute Gasteiger partial charge is 0.220 e. The summed E-state index contributed by atoms with van der Waals surface area (Å²) in [5.74, 6) is 0.706. The van der Waals surface area contributed by atoms with Crippen LogP contribution in [0.3, 0.4) is 0 Å². The fraction of sp³-hybridized carbons (Fsp3) is 0.667. The lowest BCUT2D eigenvalue weighted by Gasteiger charge is -2.54. The van der Waals surface area contributed by atoms with Crippen LogP contribution in [-0.2, 0) is 16.0 Å². The van der Waals surface area contributed by atoms with Crippen LogP contribution in [0.15, 0.2) is 17.5 Å². The number of fused-ring (bicyclic) bond motifs is 1. The van der Waals surface area contributed by atoms with Crippen molar-refractivity contribution in [1.82, 2.24) is 5.32 Å². The van der Waals surface area contributed by atoms with Gasteiger partial charge in [-0.2, -0.15) is 0 Å². The fourth-order valence-corrected chi connectivity index (χ4v) is 4.26. The Kier molecular flexibility index (Phi) is 3.39. The van der Waals surface area contributed by atoms with Crippen molar-refractivity contribution in [3.8, 4) is 0 Å². The first-order valence-corrected chi connectivity index (χ1v) is 7.90. The van der Waals surface area contributed by atoms with Gasteiger partial charge in [0.15, 0.2) is 0 Å². The molecule has 3 nitrogen and oxygen atoms in total. The molecule has 1 aromatic heterocycles. The lowest BCUT2D eigenvalue weighted by molar-refractivity contribution is -0.137. The van der Waals surface area contributed by atoms with Crippen LogP contribution in [0.5, 0.6) is 0 Å². The van der Waals surface area contributed by atoms with E-state index < -0.39 is 0 Å². The molecule has 1 saturated heterocycles. The molecule has 2 aliphatic rings. The van der Waals surface area contributed by atoms with Gasteiger partial charge in [-0.3, -0.25) is 4.79 Å². The van der Waals surface area contributed by atoms with E-state index in [1.54, 1.807) is 11.3 Å². The van der Waals surface area contributed by atoms with Crippen molar-refractivity contribution >= 4 is 17.2 Å². The van der Waals surface area contributed by atoms with E-state index in [1.807, 2.05) is 6.07 Å². The Labute approximate surface area is 118 Å². The second-order valence-electron chi connectivity index (χ2n) is 6.19. The number of hydrogen-bond donors (Lipinski definition) is 1. The number of nitrogens with one attached hydrogen (secondary N) is 1. The van der Waals surface area contributed by atoms with Crippen LogP contribution in [0.1, 0.15) is 31.6 Å². The molecule has 0 spiro atoms. The Morgan fingerprint density at radius 2 is 2.42 bits per heavy atom. The van der Waals surface area contributed by atoms with Crippen LogP contribution in [0.2, 0.25) is 0 Å². The maximum atomic E-state index is 12.1. The number of amides is 1. The summed E-state index contributed by atoms with van der Waals surface area (Å²) in [4.78, 5) is 13.4. The summed E-state index contributed by atoms with van der Waals surface area (Å²) in [6.07, 6.45) is 2.87. The number of rotatable bonds is 4. The zero-order chi connectivity index (χ0) is 13.5. The maximum Gasteiger partial charge on any atom is 0.220 e. The molecule has 1 N–H and O–H groups in total. The minimum Gasteiger partial charge on any atom is -0.377 e. The van der Waals surface area contributed by atoms with Gasteiger partial charge in [0.25, 0.3) is 0 Å². The van der Waals surface area contributed by atoms with Crippen molar-refractivity contribution in [3.63, 3.8) is 0 Å². The van der Waals surface area contributed by atoms with Crippen molar-refractivity contribution in [2.45, 2.75) is 45.3 Å². The quantitative estimate of drug-likeness (QED) is 0.920. The van der Waals surface area contributed by atoms with E-state index >= 15 is 0 Å². The third kappa shape index (κ3) is 2.32. The largest absolute Gasteiger partial charge is 0.377 e. The van der Waals surface area contributed by atoms with Crippen LogP contribution in [-0.4, -0.2) is 24.7 Å². The van der Waals surface area contributed by atoms with E-state index in [0.717, 1.165) is 19.4 Å². The molecule has 1 aliphatic heterocycles. The predicted molar refractivity (Wildman–Crippen MR) is 76.2 cm³/mol. The molecule has 3 rings (SSSR count). The van der Waals surface area contributed by atoms with Gasteiger partial charge in [0.1, 0.15) is 0 Å². The number of thiophene rings is 1. The van der Waals surface area contributed by atoms with Gasteiger partial charge in [-0.05, 0) is 24.3 Å². The van der Waals surface area contributed by atoms with Crippen LogP contribution in [0.25, 0.3) is 0 Å². The molecule has 1 aliphatic carbocycles. The molecule has 2 heterocycles. The Morgan fingerprint density at radius 3 is 3.16 bits per heavy atom. The van der Waals surface area contributed by atoms with E-state index in [9.17, 15) is 4.79 Å². The summed E-state index contributed by atoms with van der Waals surface area (Å²) in [6.45, 7) is 5.24. The van der Waals surface area contributed by atoms with Crippen molar-refractivity contribution < 1.29 is 9.53 Å². The van der Waals surface area contributed by atoms with Crippen LogP contribution < -0.4 is 5.32 Å². The average molecular weight is 279 g/mol. The first kappa shape index (κ1) is 13.1. The second-order valence-corrected chi connectivity index (χ2v) is 7.22. The zero-order valence-electron chi connectivity index (χ0n) is 11.5. The lowest BCUT2D eigenvalue weighted by Crippen LogP contribution is -2.66. The Morgan fingerprint density at radius 1 is 1.58 bits per heavy atom. The molecule has 19 heavy (non-hydrogen) atoms. The number of ether oxygens (including phenoxy) is 1. The highest BCUT2D eigenvalue weighted by atomic mass is 32.1. The van der Waals surface area contributed by atoms with E-state index in [0.29, 0.717) is 18.4 Å². The van der Waals surface area contributed by atoms with Crippen molar-refractivity contribution in [1.29, 1.82) is 0 Å². The SMILES string of the molecule is CC1(C)[C@H](NC(=O)CCc2cccs2)[C@@H]2CCO[C@H]21. The standard InChI is InChI=1S/C15H21NO2S/c1-15(2)13(11-7-8-18-14(11)15)16-12(17)6-5-10-4-3-9-19-10/h3-4,9,11,13-14H,5-8H2,1-2H3,(H,16,17)/t11-,13+,14+/m0/s1. The Hall–Kier alpha value is -0.870. The van der Waals surface area contributed by atoms with Crippen LogP contribution >= 0.6 is 11.3 Å². The highest BCUT2D eigenvalue weighted by Crippen LogP contribution is 2.52. The first-order valence-electron chi connectivity index (χ1n) is 7.02. The van der Waals surface area contributed by atoms with Gasteiger partial charge in [0.05, 0.1) is 6.10 Å². The fourth-order valence-electron chi connectivity index (χ4n) is 3.55.